The molecule has 7 aromatic carbocycles. The van der Waals surface area contributed by atoms with Crippen LogP contribution in [0.2, 0.25) is 0 Å². The maximum absolute atomic E-state index is 6.34. The summed E-state index contributed by atoms with van der Waals surface area (Å²) in [5.74, 6) is 0. The van der Waals surface area contributed by atoms with Gasteiger partial charge in [0, 0.05) is 33.5 Å². The molecule has 0 fully saturated rings. The second-order valence-corrected chi connectivity index (χ2v) is 11.1. The highest BCUT2D eigenvalue weighted by molar-refractivity contribution is 6.21. The van der Waals surface area contributed by atoms with E-state index < -0.39 is 0 Å². The fourth-order valence-corrected chi connectivity index (χ4v) is 6.73. The van der Waals surface area contributed by atoms with Gasteiger partial charge in [0.05, 0.1) is 5.69 Å². The summed E-state index contributed by atoms with van der Waals surface area (Å²) in [6, 6.07) is 51.6. The molecule has 0 amide bonds. The fraction of sp³-hybridized carbons (Fsp3) is 0. The van der Waals surface area contributed by atoms with E-state index in [0.29, 0.717) is 0 Å². The molecule has 200 valence electrons. The van der Waals surface area contributed by atoms with Crippen molar-refractivity contribution in [2.24, 2.45) is 0 Å². The Morgan fingerprint density at radius 3 is 1.67 bits per heavy atom. The molecule has 0 aliphatic rings. The van der Waals surface area contributed by atoms with E-state index in [1.54, 1.807) is 0 Å². The second-order valence-electron chi connectivity index (χ2n) is 11.1. The number of furan rings is 1. The van der Waals surface area contributed by atoms with Crippen molar-refractivity contribution in [1.29, 1.82) is 0 Å². The zero-order chi connectivity index (χ0) is 28.3. The van der Waals surface area contributed by atoms with E-state index in [1.807, 2.05) is 6.20 Å². The minimum atomic E-state index is 0.892. The lowest BCUT2D eigenvalue weighted by Crippen LogP contribution is -1.91. The van der Waals surface area contributed by atoms with E-state index in [9.17, 15) is 0 Å². The molecular weight excluding hydrogens is 522 g/mol. The molecule has 0 spiro atoms. The van der Waals surface area contributed by atoms with Crippen LogP contribution in [0.5, 0.6) is 0 Å². The number of benzene rings is 7. The molecule has 0 aliphatic heterocycles. The molecule has 0 aliphatic carbocycles. The van der Waals surface area contributed by atoms with Gasteiger partial charge in [0.15, 0.2) is 0 Å². The van der Waals surface area contributed by atoms with E-state index >= 15 is 0 Å². The molecule has 0 N–H and O–H groups in total. The smallest absolute Gasteiger partial charge is 0.143 e. The van der Waals surface area contributed by atoms with Gasteiger partial charge in [-0.25, -0.2) is 0 Å². The van der Waals surface area contributed by atoms with E-state index in [0.717, 1.165) is 44.1 Å². The number of pyridine rings is 1. The Labute approximate surface area is 248 Å². The van der Waals surface area contributed by atoms with Crippen LogP contribution in [-0.2, 0) is 0 Å². The lowest BCUT2D eigenvalue weighted by Gasteiger charge is -2.17. The van der Waals surface area contributed by atoms with Crippen LogP contribution in [0, 0.1) is 0 Å². The summed E-state index contributed by atoms with van der Waals surface area (Å²) < 4.78 is 6.34. The second kappa shape index (κ2) is 9.40. The van der Waals surface area contributed by atoms with Crippen molar-refractivity contribution in [2.45, 2.75) is 0 Å². The number of aromatic nitrogens is 1. The maximum Gasteiger partial charge on any atom is 0.143 e. The minimum Gasteiger partial charge on any atom is -0.455 e. The Balaban J connectivity index is 1.20. The third kappa shape index (κ3) is 3.70. The van der Waals surface area contributed by atoms with Gasteiger partial charge in [0.2, 0.25) is 0 Å². The standard InChI is InChI=1S/C41H25NO/c1-2-11-27(12-3-1)39-31-14-6-8-16-33(31)40(34-17-9-7-15-32(34)39)29-19-22-37(42-25-29)28-20-23-38-36(24-28)35-21-18-26-10-4-5-13-30(26)41(35)43-38/h1-25H. The van der Waals surface area contributed by atoms with E-state index in [-0.39, 0.29) is 0 Å². The van der Waals surface area contributed by atoms with Gasteiger partial charge in [-0.3, -0.25) is 4.98 Å². The third-order valence-electron chi connectivity index (χ3n) is 8.70. The van der Waals surface area contributed by atoms with E-state index in [4.69, 9.17) is 9.40 Å². The van der Waals surface area contributed by atoms with Crippen molar-refractivity contribution in [3.63, 3.8) is 0 Å². The largest absolute Gasteiger partial charge is 0.455 e. The number of fused-ring (bicyclic) bond motifs is 7. The van der Waals surface area contributed by atoms with Crippen LogP contribution in [0.15, 0.2) is 156 Å². The summed E-state index contributed by atoms with van der Waals surface area (Å²) in [4.78, 5) is 5.01. The summed E-state index contributed by atoms with van der Waals surface area (Å²) in [6.07, 6.45) is 2.02. The summed E-state index contributed by atoms with van der Waals surface area (Å²) in [5.41, 5.74) is 8.66. The molecule has 0 radical (unpaired) electrons. The van der Waals surface area contributed by atoms with Crippen LogP contribution in [0.3, 0.4) is 0 Å². The molecule has 0 bridgehead atoms. The van der Waals surface area contributed by atoms with Gasteiger partial charge < -0.3 is 4.42 Å². The first-order valence-corrected chi connectivity index (χ1v) is 14.6. The Bertz CT molecular complexity index is 2430. The normalized spacial score (nSPS) is 11.7. The van der Waals surface area contributed by atoms with Gasteiger partial charge in [0.1, 0.15) is 11.2 Å². The Morgan fingerprint density at radius 2 is 1.00 bits per heavy atom. The van der Waals surface area contributed by atoms with Crippen molar-refractivity contribution in [1.82, 2.24) is 4.98 Å². The zero-order valence-electron chi connectivity index (χ0n) is 23.3. The van der Waals surface area contributed by atoms with Gasteiger partial charge in [0.25, 0.3) is 0 Å². The predicted molar refractivity (Wildman–Crippen MR) is 180 cm³/mol. The molecule has 0 unspecified atom stereocenters. The molecule has 2 heteroatoms. The van der Waals surface area contributed by atoms with Gasteiger partial charge in [-0.15, -0.1) is 0 Å². The summed E-state index contributed by atoms with van der Waals surface area (Å²) >= 11 is 0. The summed E-state index contributed by atoms with van der Waals surface area (Å²) in [6.45, 7) is 0. The number of hydrogen-bond donors (Lipinski definition) is 0. The molecule has 0 saturated heterocycles. The number of hydrogen-bond acceptors (Lipinski definition) is 2. The molecule has 2 aromatic heterocycles. The first-order chi connectivity index (χ1) is 21.3. The third-order valence-corrected chi connectivity index (χ3v) is 8.70. The maximum atomic E-state index is 6.34. The molecule has 0 atom stereocenters. The molecular formula is C41H25NO. The Hall–Kier alpha value is -5.73. The molecule has 9 aromatic rings. The molecule has 0 saturated carbocycles. The lowest BCUT2D eigenvalue weighted by atomic mass is 9.86. The van der Waals surface area contributed by atoms with Crippen molar-refractivity contribution in [3.8, 4) is 33.5 Å². The number of nitrogens with zero attached hydrogens (tertiary/aromatic N) is 1. The van der Waals surface area contributed by atoms with E-state index in [2.05, 4.69) is 146 Å². The van der Waals surface area contributed by atoms with Crippen LogP contribution in [0.1, 0.15) is 0 Å². The number of rotatable bonds is 3. The van der Waals surface area contributed by atoms with Gasteiger partial charge in [-0.05, 0) is 74.0 Å². The van der Waals surface area contributed by atoms with Crippen molar-refractivity contribution in [2.75, 3.05) is 0 Å². The topological polar surface area (TPSA) is 26.0 Å². The van der Waals surface area contributed by atoms with Crippen molar-refractivity contribution in [3.05, 3.63) is 152 Å². The van der Waals surface area contributed by atoms with Gasteiger partial charge in [-0.2, -0.15) is 0 Å². The first-order valence-electron chi connectivity index (χ1n) is 14.6. The molecule has 43 heavy (non-hydrogen) atoms. The average molecular weight is 548 g/mol. The Morgan fingerprint density at radius 1 is 0.395 bits per heavy atom. The summed E-state index contributed by atoms with van der Waals surface area (Å²) in [7, 11) is 0. The van der Waals surface area contributed by atoms with Crippen LogP contribution >= 0.6 is 0 Å². The van der Waals surface area contributed by atoms with Crippen LogP contribution in [-0.4, -0.2) is 4.98 Å². The highest BCUT2D eigenvalue weighted by atomic mass is 16.3. The Kier molecular flexibility index (Phi) is 5.23. The average Bonchev–Trinajstić information content (AvgIpc) is 3.46. The minimum absolute atomic E-state index is 0.892. The van der Waals surface area contributed by atoms with Crippen LogP contribution in [0.25, 0.3) is 87.8 Å². The quantitative estimate of drug-likeness (QED) is 0.206. The zero-order valence-corrected chi connectivity index (χ0v) is 23.3. The fourth-order valence-electron chi connectivity index (χ4n) is 6.73. The van der Waals surface area contributed by atoms with Crippen molar-refractivity contribution < 1.29 is 4.42 Å². The molecule has 9 rings (SSSR count). The summed E-state index contributed by atoms with van der Waals surface area (Å²) in [5, 5.41) is 9.51. The van der Waals surface area contributed by atoms with Crippen LogP contribution in [0.4, 0.5) is 0 Å². The highest BCUT2D eigenvalue weighted by Gasteiger charge is 2.17. The molecule has 2 heterocycles. The van der Waals surface area contributed by atoms with E-state index in [1.165, 1.54) is 43.6 Å². The molecule has 2 nitrogen and oxygen atoms in total. The van der Waals surface area contributed by atoms with Crippen LogP contribution < -0.4 is 0 Å². The first kappa shape index (κ1) is 23.9. The van der Waals surface area contributed by atoms with Gasteiger partial charge >= 0.3 is 0 Å². The highest BCUT2D eigenvalue weighted by Crippen LogP contribution is 2.43. The SMILES string of the molecule is c1ccc(-c2c3ccccc3c(-c3ccc(-c4ccc5oc6c7ccccc7ccc6c5c4)nc3)c3ccccc23)cc1. The lowest BCUT2D eigenvalue weighted by molar-refractivity contribution is 0.672. The monoisotopic (exact) mass is 547 g/mol. The predicted octanol–water partition coefficient (Wildman–Crippen LogP) is 11.4. The van der Waals surface area contributed by atoms with Crippen molar-refractivity contribution >= 4 is 54.3 Å². The van der Waals surface area contributed by atoms with Gasteiger partial charge in [-0.1, -0.05) is 115 Å².